The molecule has 3 rings (SSSR count). The maximum atomic E-state index is 2.42. The van der Waals surface area contributed by atoms with Crippen LogP contribution in [0.3, 0.4) is 0 Å². The lowest BCUT2D eigenvalue weighted by Crippen LogP contribution is -2.15. The highest BCUT2D eigenvalue weighted by atomic mass is 14.5. The molecule has 3 atom stereocenters. The van der Waals surface area contributed by atoms with Crippen molar-refractivity contribution in [3.63, 3.8) is 0 Å². The van der Waals surface area contributed by atoms with Gasteiger partial charge in [0.1, 0.15) is 0 Å². The molecule has 0 aromatic rings. The second-order valence-corrected chi connectivity index (χ2v) is 6.28. The highest BCUT2D eigenvalue weighted by Crippen LogP contribution is 2.55. The molecule has 2 saturated carbocycles. The first kappa shape index (κ1) is 9.69. The Bertz CT molecular complexity index is 289. The molecule has 0 spiro atoms. The molecular formula is C15H22. The molecule has 0 heterocycles. The highest BCUT2D eigenvalue weighted by Gasteiger charge is 2.45. The summed E-state index contributed by atoms with van der Waals surface area (Å²) >= 11 is 0. The van der Waals surface area contributed by atoms with E-state index in [1.807, 2.05) is 0 Å². The zero-order chi connectivity index (χ0) is 10.3. The van der Waals surface area contributed by atoms with Crippen LogP contribution in [-0.2, 0) is 0 Å². The molecule has 15 heavy (non-hydrogen) atoms. The normalized spacial score (nSPS) is 46.9. The van der Waals surface area contributed by atoms with Gasteiger partial charge in [-0.15, -0.1) is 0 Å². The van der Waals surface area contributed by atoms with Gasteiger partial charge in [-0.1, -0.05) is 31.2 Å². The summed E-state index contributed by atoms with van der Waals surface area (Å²) in [6, 6.07) is 0. The van der Waals surface area contributed by atoms with Crippen LogP contribution in [0.5, 0.6) is 0 Å². The van der Waals surface area contributed by atoms with Crippen LogP contribution < -0.4 is 0 Å². The number of rotatable bonds is 3. The average molecular weight is 202 g/mol. The Morgan fingerprint density at radius 3 is 2.60 bits per heavy atom. The Balaban J connectivity index is 1.49. The van der Waals surface area contributed by atoms with E-state index in [0.717, 1.165) is 17.8 Å². The fraction of sp³-hybridized carbons (Fsp3) is 0.733. The number of allylic oxidation sites excluding steroid dienone is 4. The summed E-state index contributed by atoms with van der Waals surface area (Å²) in [7, 11) is 0. The summed E-state index contributed by atoms with van der Waals surface area (Å²) in [5, 5.41) is 0. The predicted molar refractivity (Wildman–Crippen MR) is 64.6 cm³/mol. The molecule has 0 bridgehead atoms. The lowest BCUT2D eigenvalue weighted by molar-refractivity contribution is 0.324. The molecule has 0 heteroatoms. The molecule has 0 radical (unpaired) electrons. The quantitative estimate of drug-likeness (QED) is 0.639. The van der Waals surface area contributed by atoms with Gasteiger partial charge in [-0.2, -0.15) is 0 Å². The van der Waals surface area contributed by atoms with Crippen LogP contribution in [0.25, 0.3) is 0 Å². The third-order valence-corrected chi connectivity index (χ3v) is 4.79. The lowest BCUT2D eigenvalue weighted by Gasteiger charge is -2.28. The van der Waals surface area contributed by atoms with E-state index >= 15 is 0 Å². The zero-order valence-electron chi connectivity index (χ0n) is 9.78. The largest absolute Gasteiger partial charge is 0.0837 e. The third kappa shape index (κ3) is 2.04. The Morgan fingerprint density at radius 2 is 1.93 bits per heavy atom. The van der Waals surface area contributed by atoms with Gasteiger partial charge in [0, 0.05) is 0 Å². The summed E-state index contributed by atoms with van der Waals surface area (Å²) < 4.78 is 0. The van der Waals surface area contributed by atoms with E-state index in [1.54, 1.807) is 19.3 Å². The van der Waals surface area contributed by atoms with Crippen molar-refractivity contribution in [2.45, 2.75) is 45.4 Å². The Hall–Kier alpha value is -0.520. The van der Waals surface area contributed by atoms with Gasteiger partial charge in [-0.05, 0) is 61.7 Å². The van der Waals surface area contributed by atoms with Gasteiger partial charge in [0.25, 0.3) is 0 Å². The van der Waals surface area contributed by atoms with Crippen molar-refractivity contribution in [3.8, 4) is 0 Å². The predicted octanol–water partition coefficient (Wildman–Crippen LogP) is 4.34. The van der Waals surface area contributed by atoms with Crippen molar-refractivity contribution in [3.05, 3.63) is 24.3 Å². The summed E-state index contributed by atoms with van der Waals surface area (Å²) in [6.07, 6.45) is 18.0. The van der Waals surface area contributed by atoms with Crippen molar-refractivity contribution in [1.82, 2.24) is 0 Å². The molecule has 0 amide bonds. The minimum atomic E-state index is 0.474. The lowest BCUT2D eigenvalue weighted by atomic mass is 9.77. The smallest absolute Gasteiger partial charge is 0.0109 e. The van der Waals surface area contributed by atoms with Gasteiger partial charge >= 0.3 is 0 Å². The molecule has 3 aliphatic rings. The van der Waals surface area contributed by atoms with Crippen LogP contribution >= 0.6 is 0 Å². The Labute approximate surface area is 93.5 Å². The first-order chi connectivity index (χ1) is 7.25. The van der Waals surface area contributed by atoms with E-state index in [2.05, 4.69) is 31.2 Å². The van der Waals surface area contributed by atoms with E-state index in [1.165, 1.54) is 19.3 Å². The first-order valence-electron chi connectivity index (χ1n) is 6.60. The second-order valence-electron chi connectivity index (χ2n) is 6.28. The van der Waals surface area contributed by atoms with E-state index in [4.69, 9.17) is 0 Å². The molecule has 0 aromatic heterocycles. The monoisotopic (exact) mass is 202 g/mol. The minimum Gasteiger partial charge on any atom is -0.0837 e. The summed E-state index contributed by atoms with van der Waals surface area (Å²) in [4.78, 5) is 0. The van der Waals surface area contributed by atoms with Crippen LogP contribution in [0, 0.1) is 23.2 Å². The molecule has 82 valence electrons. The second kappa shape index (κ2) is 3.50. The van der Waals surface area contributed by atoms with Crippen molar-refractivity contribution >= 4 is 0 Å². The maximum Gasteiger partial charge on any atom is -0.0109 e. The van der Waals surface area contributed by atoms with Crippen LogP contribution in [0.2, 0.25) is 0 Å². The summed E-state index contributed by atoms with van der Waals surface area (Å²) in [5.74, 6) is 3.39. The van der Waals surface area contributed by atoms with Gasteiger partial charge in [-0.3, -0.25) is 0 Å². The van der Waals surface area contributed by atoms with Crippen molar-refractivity contribution < 1.29 is 0 Å². The Morgan fingerprint density at radius 1 is 1.13 bits per heavy atom. The molecule has 0 aromatic carbocycles. The van der Waals surface area contributed by atoms with Gasteiger partial charge in [0.2, 0.25) is 0 Å². The molecule has 2 fully saturated rings. The van der Waals surface area contributed by atoms with Crippen molar-refractivity contribution in [1.29, 1.82) is 0 Å². The third-order valence-electron chi connectivity index (χ3n) is 4.79. The Kier molecular flexibility index (Phi) is 2.26. The van der Waals surface area contributed by atoms with Gasteiger partial charge in [0.15, 0.2) is 0 Å². The van der Waals surface area contributed by atoms with Crippen LogP contribution in [0.1, 0.15) is 45.4 Å². The molecule has 0 nitrogen and oxygen atoms in total. The van der Waals surface area contributed by atoms with Crippen molar-refractivity contribution in [2.75, 3.05) is 0 Å². The fourth-order valence-electron chi connectivity index (χ4n) is 3.57. The van der Waals surface area contributed by atoms with Crippen molar-refractivity contribution in [2.24, 2.45) is 23.2 Å². The zero-order valence-corrected chi connectivity index (χ0v) is 9.78. The topological polar surface area (TPSA) is 0 Å². The molecule has 3 unspecified atom stereocenters. The summed E-state index contributed by atoms with van der Waals surface area (Å²) in [6.45, 7) is 2.42. The SMILES string of the molecule is CC1(CCC2CC3CC3C2)C=CC=CC1. The van der Waals surface area contributed by atoms with Gasteiger partial charge in [0.05, 0.1) is 0 Å². The van der Waals surface area contributed by atoms with E-state index in [0.29, 0.717) is 5.41 Å². The molecule has 0 aliphatic heterocycles. The standard InChI is InChI=1S/C15H22/c1-15(6-3-2-4-7-15)8-5-12-9-13-11-14(13)10-12/h2-4,6,12-14H,5,7-11H2,1H3. The number of hydrogen-bond donors (Lipinski definition) is 0. The van der Waals surface area contributed by atoms with Crippen LogP contribution in [0.15, 0.2) is 24.3 Å². The van der Waals surface area contributed by atoms with Crippen LogP contribution in [0.4, 0.5) is 0 Å². The maximum absolute atomic E-state index is 2.42. The minimum absolute atomic E-state index is 0.474. The van der Waals surface area contributed by atoms with E-state index < -0.39 is 0 Å². The highest BCUT2D eigenvalue weighted by molar-refractivity contribution is 5.15. The fourth-order valence-corrected chi connectivity index (χ4v) is 3.57. The number of fused-ring (bicyclic) bond motifs is 1. The molecule has 3 aliphatic carbocycles. The van der Waals surface area contributed by atoms with E-state index in [-0.39, 0.29) is 0 Å². The average Bonchev–Trinajstić information content (AvgIpc) is 2.85. The van der Waals surface area contributed by atoms with Gasteiger partial charge in [-0.25, -0.2) is 0 Å². The van der Waals surface area contributed by atoms with Crippen LogP contribution in [-0.4, -0.2) is 0 Å². The number of hydrogen-bond acceptors (Lipinski definition) is 0. The molecule has 0 saturated heterocycles. The molecular weight excluding hydrogens is 180 g/mol. The first-order valence-corrected chi connectivity index (χ1v) is 6.60. The molecule has 0 N–H and O–H groups in total. The summed E-state index contributed by atoms with van der Waals surface area (Å²) in [5.41, 5.74) is 0.474. The van der Waals surface area contributed by atoms with E-state index in [9.17, 15) is 0 Å². The van der Waals surface area contributed by atoms with Gasteiger partial charge < -0.3 is 0 Å².